The van der Waals surface area contributed by atoms with Crippen molar-refractivity contribution in [1.29, 1.82) is 0 Å². The number of rotatable bonds is 12. The number of carbonyl (C=O) groups excluding carboxylic acids is 5. The number of nitrogens with zero attached hydrogens (tertiary/aromatic N) is 1. The zero-order valence-corrected chi connectivity index (χ0v) is 44.3. The Morgan fingerprint density at radius 1 is 0.831 bits per heavy atom. The number of aliphatic hydroxyl groups is 3. The van der Waals surface area contributed by atoms with Crippen LogP contribution in [0.1, 0.15) is 126 Å². The van der Waals surface area contributed by atoms with Gasteiger partial charge >= 0.3 is 5.97 Å². The lowest BCUT2D eigenvalue weighted by Gasteiger charge is -2.43. The minimum atomic E-state index is -2.46. The van der Waals surface area contributed by atoms with Gasteiger partial charge < -0.3 is 53.4 Å². The highest BCUT2D eigenvalue weighted by Gasteiger charge is 2.53. The van der Waals surface area contributed by atoms with E-state index in [4.69, 9.17) is 33.2 Å². The highest BCUT2D eigenvalue weighted by Crippen LogP contribution is 2.38. The van der Waals surface area contributed by atoms with Crippen LogP contribution in [0.25, 0.3) is 0 Å². The molecule has 0 aromatic rings. The van der Waals surface area contributed by atoms with Crippen LogP contribution in [0.5, 0.6) is 0 Å². The molecule has 15 atom stereocenters. The number of amides is 1. The first-order valence-electron chi connectivity index (χ1n) is 26.1. The van der Waals surface area contributed by atoms with Gasteiger partial charge in [-0.25, -0.2) is 4.79 Å². The van der Waals surface area contributed by atoms with Crippen LogP contribution < -0.4 is 0 Å². The fourth-order valence-electron chi connectivity index (χ4n) is 10.7. The lowest BCUT2D eigenvalue weighted by Crippen LogP contribution is -2.61. The van der Waals surface area contributed by atoms with Gasteiger partial charge in [0.2, 0.25) is 5.79 Å². The Bertz CT molecular complexity index is 1860. The summed E-state index contributed by atoms with van der Waals surface area (Å²) in [5.74, 6) is -8.10. The van der Waals surface area contributed by atoms with Crippen molar-refractivity contribution in [1.82, 2.24) is 4.90 Å². The van der Waals surface area contributed by atoms with Crippen LogP contribution in [-0.2, 0) is 57.1 Å². The quantitative estimate of drug-likeness (QED) is 0.0858. The molecule has 4 rings (SSSR count). The number of hydrogen-bond acceptors (Lipinski definition) is 15. The lowest BCUT2D eigenvalue weighted by molar-refractivity contribution is -0.266. The Morgan fingerprint density at radius 2 is 1.58 bits per heavy atom. The van der Waals surface area contributed by atoms with E-state index in [1.54, 1.807) is 41.1 Å². The summed E-state index contributed by atoms with van der Waals surface area (Å²) >= 11 is 0. The van der Waals surface area contributed by atoms with E-state index in [0.29, 0.717) is 63.5 Å². The topological polar surface area (TPSA) is 214 Å². The summed E-state index contributed by atoms with van der Waals surface area (Å²) in [7, 11) is 4.58. The van der Waals surface area contributed by atoms with Gasteiger partial charge in [0.05, 0.1) is 50.8 Å². The summed E-state index contributed by atoms with van der Waals surface area (Å²) in [6, 6.07) is -1.16. The molecule has 2 bridgehead atoms. The minimum absolute atomic E-state index is 0.000431. The molecule has 0 radical (unpaired) electrons. The largest absolute Gasteiger partial charge is 0.460 e. The van der Waals surface area contributed by atoms with E-state index in [1.807, 2.05) is 58.1 Å². The Balaban J connectivity index is 1.71. The SMILES string of the molecule is COCCO[C@@H]1C[C@@H]2CC[C@@H](C)[C@@](O)(O2)C(=O)C(=O)N2CCCC[C@H]2C(=O)O[C@H](C(C)C[C@@H]2CC[C@@H](OCCO)[C@H](OC)C2)CC(=O)[C@H](C)/C=C(\C)[C@@H](O)[C@@H](OC)C(=O)[C@H](C)C[C@H](C)/C=C/C=CC=C1C. The molecule has 4 aliphatic rings. The fourth-order valence-corrected chi connectivity index (χ4v) is 10.7. The molecule has 16 heteroatoms. The monoisotopic (exact) mass is 1000 g/mol. The molecular weight excluding hydrogens is 915 g/mol. The summed E-state index contributed by atoms with van der Waals surface area (Å²) in [5.41, 5.74) is 1.24. The van der Waals surface area contributed by atoms with Crippen LogP contribution in [0.2, 0.25) is 0 Å². The van der Waals surface area contributed by atoms with Gasteiger partial charge in [-0.05, 0) is 107 Å². The van der Waals surface area contributed by atoms with E-state index >= 15 is 0 Å². The van der Waals surface area contributed by atoms with E-state index in [2.05, 4.69) is 0 Å². The van der Waals surface area contributed by atoms with Gasteiger partial charge in [0.25, 0.3) is 11.7 Å². The first-order chi connectivity index (χ1) is 33.8. The summed E-state index contributed by atoms with van der Waals surface area (Å²) in [6.07, 6.45) is 11.7. The Labute approximate surface area is 422 Å². The fraction of sp³-hybridized carbons (Fsp3) is 0.764. The number of methoxy groups -OCH3 is 3. The van der Waals surface area contributed by atoms with E-state index in [-0.39, 0.29) is 87.2 Å². The number of piperidine rings is 1. The predicted molar refractivity (Wildman–Crippen MR) is 267 cm³/mol. The average molecular weight is 1000 g/mol. The maximum absolute atomic E-state index is 14.5. The third kappa shape index (κ3) is 17.0. The summed E-state index contributed by atoms with van der Waals surface area (Å²) in [5, 5.41) is 33.0. The summed E-state index contributed by atoms with van der Waals surface area (Å²) in [6.45, 7) is 13.5. The Hall–Kier alpha value is -3.45. The molecule has 1 amide bonds. The standard InChI is InChI=1S/C55H87NO15/c1-34-16-12-11-13-17-35(2)46(69-27-26-65-8)32-42-21-19-40(7)55(64,71-42)52(61)53(62)56-23-15-14-18-43(56)54(63)70-47(37(4)30-41-20-22-45(68-25-24-57)48(31-41)66-9)33-44(58)36(3)29-39(6)50(60)51(67-10)49(59)38(5)28-34/h11-13,16-17,29,34,36-38,40-43,45-48,50-51,57,60,64H,14-15,18-28,30-33H2,1-10H3/b13-11?,16-12+,35-17?,39-29+/t34-,36-,37?,38-,40-,41+,42+,43+,45-,46-,47+,48-,50-,51+,55-/m1/s1. The second-order valence-corrected chi connectivity index (χ2v) is 20.8. The van der Waals surface area contributed by atoms with Gasteiger partial charge in [-0.15, -0.1) is 0 Å². The van der Waals surface area contributed by atoms with E-state index in [9.17, 15) is 39.3 Å². The predicted octanol–water partition coefficient (Wildman–Crippen LogP) is 6.21. The van der Waals surface area contributed by atoms with Crippen LogP contribution in [0.3, 0.4) is 0 Å². The lowest BCUT2D eigenvalue weighted by atomic mass is 9.78. The van der Waals surface area contributed by atoms with E-state index in [0.717, 1.165) is 12.0 Å². The molecule has 16 nitrogen and oxygen atoms in total. The normalized spacial score (nSPS) is 36.8. The Kier molecular flexibility index (Phi) is 24.9. The van der Waals surface area contributed by atoms with Crippen molar-refractivity contribution < 1.29 is 72.5 Å². The zero-order chi connectivity index (χ0) is 52.4. The van der Waals surface area contributed by atoms with Gasteiger partial charge in [0.1, 0.15) is 30.1 Å². The van der Waals surface area contributed by atoms with Crippen LogP contribution >= 0.6 is 0 Å². The van der Waals surface area contributed by atoms with Crippen LogP contribution in [0.15, 0.2) is 47.6 Å². The van der Waals surface area contributed by atoms with Crippen molar-refractivity contribution in [2.24, 2.45) is 35.5 Å². The number of cyclic esters (lactones) is 1. The molecular formula is C55H87NO15. The van der Waals surface area contributed by atoms with Gasteiger partial charge in [-0.2, -0.15) is 0 Å². The Morgan fingerprint density at radius 3 is 2.27 bits per heavy atom. The summed E-state index contributed by atoms with van der Waals surface area (Å²) < 4.78 is 41.3. The molecule has 0 aromatic heterocycles. The molecule has 1 saturated carbocycles. The molecule has 71 heavy (non-hydrogen) atoms. The zero-order valence-electron chi connectivity index (χ0n) is 44.3. The van der Waals surface area contributed by atoms with Gasteiger partial charge in [0.15, 0.2) is 5.78 Å². The summed E-state index contributed by atoms with van der Waals surface area (Å²) in [4.78, 5) is 72.5. The molecule has 0 spiro atoms. The minimum Gasteiger partial charge on any atom is -0.460 e. The van der Waals surface area contributed by atoms with Crippen LogP contribution in [-0.4, -0.2) is 158 Å². The number of allylic oxidation sites excluding steroid dienone is 6. The van der Waals surface area contributed by atoms with Gasteiger partial charge in [0, 0.05) is 58.5 Å². The second kappa shape index (κ2) is 29.4. The molecule has 3 aliphatic heterocycles. The van der Waals surface area contributed by atoms with Crippen LogP contribution in [0.4, 0.5) is 0 Å². The number of fused-ring (bicyclic) bond motifs is 3. The number of Topliss-reactive ketones (excluding diaryl/α,β-unsaturated/α-hetero) is 3. The number of hydrogen-bond donors (Lipinski definition) is 3. The molecule has 0 aromatic carbocycles. The number of ketones is 3. The number of carbonyl (C=O) groups is 5. The van der Waals surface area contributed by atoms with E-state index in [1.165, 1.54) is 12.0 Å². The smallest absolute Gasteiger partial charge is 0.329 e. The van der Waals surface area contributed by atoms with Crippen molar-refractivity contribution >= 4 is 29.2 Å². The number of aliphatic hydroxyl groups excluding tert-OH is 2. The average Bonchev–Trinajstić information content (AvgIpc) is 3.35. The molecule has 402 valence electrons. The second-order valence-electron chi connectivity index (χ2n) is 20.8. The van der Waals surface area contributed by atoms with Crippen molar-refractivity contribution in [3.05, 3.63) is 47.6 Å². The molecule has 3 heterocycles. The van der Waals surface area contributed by atoms with Crippen molar-refractivity contribution in [3.63, 3.8) is 0 Å². The third-order valence-corrected chi connectivity index (χ3v) is 15.2. The maximum Gasteiger partial charge on any atom is 0.329 e. The molecule has 3 N–H and O–H groups in total. The first-order valence-corrected chi connectivity index (χ1v) is 26.1. The molecule has 1 aliphatic carbocycles. The van der Waals surface area contributed by atoms with Gasteiger partial charge in [-0.1, -0.05) is 71.1 Å². The molecule has 1 unspecified atom stereocenters. The van der Waals surface area contributed by atoms with Crippen molar-refractivity contribution in [3.8, 4) is 0 Å². The first kappa shape index (κ1) is 60.1. The van der Waals surface area contributed by atoms with E-state index < -0.39 is 77.8 Å². The highest BCUT2D eigenvalue weighted by molar-refractivity contribution is 6.39. The van der Waals surface area contributed by atoms with Crippen molar-refractivity contribution in [2.45, 2.75) is 180 Å². The van der Waals surface area contributed by atoms with Crippen LogP contribution in [0, 0.1) is 35.5 Å². The number of ether oxygens (including phenoxy) is 7. The molecule has 2 saturated heterocycles. The maximum atomic E-state index is 14.5. The van der Waals surface area contributed by atoms with Gasteiger partial charge in [-0.3, -0.25) is 19.2 Å². The number of esters is 1. The van der Waals surface area contributed by atoms with Crippen molar-refractivity contribution in [2.75, 3.05) is 54.3 Å². The molecule has 3 fully saturated rings. The third-order valence-electron chi connectivity index (χ3n) is 15.2. The highest BCUT2D eigenvalue weighted by atomic mass is 16.6.